The first-order valence-electron chi connectivity index (χ1n) is 9.03. The van der Waals surface area contributed by atoms with E-state index in [2.05, 4.69) is 10.1 Å². The van der Waals surface area contributed by atoms with E-state index in [1.54, 1.807) is 38.1 Å². The van der Waals surface area contributed by atoms with Crippen LogP contribution >= 0.6 is 0 Å². The van der Waals surface area contributed by atoms with Gasteiger partial charge in [0.1, 0.15) is 5.54 Å². The van der Waals surface area contributed by atoms with Crippen molar-refractivity contribution in [1.29, 1.82) is 0 Å². The van der Waals surface area contributed by atoms with Crippen molar-refractivity contribution in [2.45, 2.75) is 32.2 Å². The number of imide groups is 1. The Morgan fingerprint density at radius 2 is 1.61 bits per heavy atom. The molecule has 0 saturated heterocycles. The molecule has 0 spiro atoms. The lowest BCUT2D eigenvalue weighted by Gasteiger charge is -2.27. The third-order valence-corrected chi connectivity index (χ3v) is 4.79. The molecule has 0 atom stereocenters. The molecule has 0 saturated carbocycles. The number of carbonyl (C=O) groups excluding carboxylic acids is 4. The number of nitrogens with one attached hydrogen (secondary N) is 1. The van der Waals surface area contributed by atoms with Crippen molar-refractivity contribution in [2.24, 2.45) is 0 Å². The maximum atomic E-state index is 12.8. The van der Waals surface area contributed by atoms with Gasteiger partial charge in [-0.15, -0.1) is 0 Å². The minimum atomic E-state index is -1.14. The van der Waals surface area contributed by atoms with Crippen molar-refractivity contribution in [3.63, 3.8) is 0 Å². The molecule has 0 bridgehead atoms. The summed E-state index contributed by atoms with van der Waals surface area (Å²) < 4.78 is 4.65. The highest BCUT2D eigenvalue weighted by molar-refractivity contribution is 6.25. The largest absolute Gasteiger partial charge is 0.467 e. The van der Waals surface area contributed by atoms with Crippen LogP contribution in [0.15, 0.2) is 36.4 Å². The van der Waals surface area contributed by atoms with E-state index in [-0.39, 0.29) is 30.7 Å². The van der Waals surface area contributed by atoms with Gasteiger partial charge in [0.15, 0.2) is 0 Å². The van der Waals surface area contributed by atoms with Crippen molar-refractivity contribution in [3.05, 3.63) is 47.5 Å². The second-order valence-electron chi connectivity index (χ2n) is 7.24. The third kappa shape index (κ3) is 3.47. The monoisotopic (exact) mass is 382 g/mol. The molecule has 0 unspecified atom stereocenters. The molecule has 1 aliphatic rings. The fraction of sp³-hybridized carbons (Fsp3) is 0.333. The lowest BCUT2D eigenvalue weighted by Crippen LogP contribution is -2.50. The summed E-state index contributed by atoms with van der Waals surface area (Å²) in [5, 5.41) is 4.12. The normalized spacial score (nSPS) is 13.6. The predicted molar refractivity (Wildman–Crippen MR) is 103 cm³/mol. The Morgan fingerprint density at radius 1 is 1.04 bits per heavy atom. The van der Waals surface area contributed by atoms with Gasteiger partial charge in [-0.05, 0) is 37.8 Å². The molecule has 0 aliphatic carbocycles. The quantitative estimate of drug-likeness (QED) is 0.611. The molecule has 0 fully saturated rings. The molecular formula is C21H22N2O5. The van der Waals surface area contributed by atoms with Crippen LogP contribution in [0.2, 0.25) is 0 Å². The molecule has 0 aromatic heterocycles. The van der Waals surface area contributed by atoms with Gasteiger partial charge in [0, 0.05) is 29.5 Å². The molecule has 7 heteroatoms. The standard InChI is InChI=1S/C21H22N2O5/c1-21(2,20(27)28-3)22-16(24)11-6-12-23-18(25)14-9-4-7-13-8-5-10-15(17(13)14)19(23)26/h4-5,7-10H,6,11-12H2,1-3H3,(H,22,24). The summed E-state index contributed by atoms with van der Waals surface area (Å²) in [6, 6.07) is 10.7. The van der Waals surface area contributed by atoms with Crippen molar-refractivity contribution >= 4 is 34.5 Å². The molecule has 3 amide bonds. The van der Waals surface area contributed by atoms with Gasteiger partial charge in [-0.25, -0.2) is 4.79 Å². The van der Waals surface area contributed by atoms with E-state index < -0.39 is 11.5 Å². The number of hydrogen-bond acceptors (Lipinski definition) is 5. The number of ether oxygens (including phenoxy) is 1. The number of carbonyl (C=O) groups is 4. The molecular weight excluding hydrogens is 360 g/mol. The van der Waals surface area contributed by atoms with Gasteiger partial charge in [-0.1, -0.05) is 24.3 Å². The van der Waals surface area contributed by atoms with Crippen LogP contribution in [-0.4, -0.2) is 47.8 Å². The van der Waals surface area contributed by atoms with E-state index in [9.17, 15) is 19.2 Å². The second kappa shape index (κ2) is 7.42. The van der Waals surface area contributed by atoms with Gasteiger partial charge in [-0.3, -0.25) is 19.3 Å². The molecule has 2 aromatic rings. The molecule has 2 aromatic carbocycles. The summed E-state index contributed by atoms with van der Waals surface area (Å²) in [7, 11) is 1.25. The number of nitrogens with zero attached hydrogens (tertiary/aromatic N) is 1. The first kappa shape index (κ1) is 19.5. The highest BCUT2D eigenvalue weighted by atomic mass is 16.5. The van der Waals surface area contributed by atoms with Gasteiger partial charge >= 0.3 is 5.97 Å². The number of esters is 1. The number of hydrogen-bond donors (Lipinski definition) is 1. The maximum absolute atomic E-state index is 12.8. The third-order valence-electron chi connectivity index (χ3n) is 4.79. The minimum Gasteiger partial charge on any atom is -0.467 e. The molecule has 146 valence electrons. The Balaban J connectivity index is 1.68. The lowest BCUT2D eigenvalue weighted by molar-refractivity contribution is -0.149. The van der Waals surface area contributed by atoms with Crippen LogP contribution in [0.1, 0.15) is 47.4 Å². The minimum absolute atomic E-state index is 0.0727. The Kier molecular flexibility index (Phi) is 5.18. The molecule has 3 rings (SSSR count). The summed E-state index contributed by atoms with van der Waals surface area (Å²) in [6.07, 6.45) is 0.363. The fourth-order valence-corrected chi connectivity index (χ4v) is 3.40. The van der Waals surface area contributed by atoms with Gasteiger partial charge < -0.3 is 10.1 Å². The zero-order chi connectivity index (χ0) is 20.5. The van der Waals surface area contributed by atoms with Crippen LogP contribution in [0.25, 0.3) is 10.8 Å². The Bertz CT molecular complexity index is 929. The van der Waals surface area contributed by atoms with Crippen LogP contribution in [0.5, 0.6) is 0 Å². The molecule has 7 nitrogen and oxygen atoms in total. The number of benzene rings is 2. The van der Waals surface area contributed by atoms with Crippen LogP contribution in [0.4, 0.5) is 0 Å². The average Bonchev–Trinajstić information content (AvgIpc) is 2.67. The van der Waals surface area contributed by atoms with Crippen LogP contribution < -0.4 is 5.32 Å². The summed E-state index contributed by atoms with van der Waals surface area (Å²) in [5.41, 5.74) is -0.162. The summed E-state index contributed by atoms with van der Waals surface area (Å²) in [6.45, 7) is 3.21. The molecule has 1 aliphatic heterocycles. The summed E-state index contributed by atoms with van der Waals surface area (Å²) in [5.74, 6) is -1.61. The van der Waals surface area contributed by atoms with E-state index in [1.807, 2.05) is 12.1 Å². The molecule has 1 N–H and O–H groups in total. The van der Waals surface area contributed by atoms with Crippen LogP contribution in [-0.2, 0) is 14.3 Å². The Morgan fingerprint density at radius 3 is 2.14 bits per heavy atom. The first-order chi connectivity index (χ1) is 13.3. The van der Waals surface area contributed by atoms with Crippen molar-refractivity contribution < 1.29 is 23.9 Å². The van der Waals surface area contributed by atoms with Gasteiger partial charge in [-0.2, -0.15) is 0 Å². The Hall–Kier alpha value is -3.22. The zero-order valence-electron chi connectivity index (χ0n) is 16.1. The Labute approximate surface area is 162 Å². The van der Waals surface area contributed by atoms with Crippen molar-refractivity contribution in [2.75, 3.05) is 13.7 Å². The van der Waals surface area contributed by atoms with E-state index in [1.165, 1.54) is 12.0 Å². The molecule has 0 radical (unpaired) electrons. The number of methoxy groups -OCH3 is 1. The summed E-state index contributed by atoms with van der Waals surface area (Å²) in [4.78, 5) is 50.5. The average molecular weight is 382 g/mol. The zero-order valence-corrected chi connectivity index (χ0v) is 16.1. The molecule has 1 heterocycles. The maximum Gasteiger partial charge on any atom is 0.330 e. The summed E-state index contributed by atoms with van der Waals surface area (Å²) >= 11 is 0. The fourth-order valence-electron chi connectivity index (χ4n) is 3.40. The predicted octanol–water partition coefficient (Wildman–Crippen LogP) is 2.28. The SMILES string of the molecule is COC(=O)C(C)(C)NC(=O)CCCN1C(=O)c2cccc3cccc(c23)C1=O. The van der Waals surface area contributed by atoms with Gasteiger partial charge in [0.25, 0.3) is 11.8 Å². The number of amides is 3. The van der Waals surface area contributed by atoms with Crippen molar-refractivity contribution in [3.8, 4) is 0 Å². The van der Waals surface area contributed by atoms with Crippen LogP contribution in [0.3, 0.4) is 0 Å². The van der Waals surface area contributed by atoms with E-state index in [0.29, 0.717) is 22.9 Å². The highest BCUT2D eigenvalue weighted by Crippen LogP contribution is 2.30. The van der Waals surface area contributed by atoms with E-state index in [0.717, 1.165) is 5.39 Å². The van der Waals surface area contributed by atoms with Crippen molar-refractivity contribution in [1.82, 2.24) is 10.2 Å². The second-order valence-corrected chi connectivity index (χ2v) is 7.24. The lowest BCUT2D eigenvalue weighted by atomic mass is 9.94. The number of rotatable bonds is 6. The van der Waals surface area contributed by atoms with Gasteiger partial charge in [0.2, 0.25) is 5.91 Å². The highest BCUT2D eigenvalue weighted by Gasteiger charge is 2.33. The smallest absolute Gasteiger partial charge is 0.330 e. The van der Waals surface area contributed by atoms with E-state index >= 15 is 0 Å². The molecule has 28 heavy (non-hydrogen) atoms. The topological polar surface area (TPSA) is 92.8 Å². The van der Waals surface area contributed by atoms with Gasteiger partial charge in [0.05, 0.1) is 7.11 Å². The van der Waals surface area contributed by atoms with Crippen LogP contribution in [0, 0.1) is 0 Å². The van der Waals surface area contributed by atoms with E-state index in [4.69, 9.17) is 0 Å². The first-order valence-corrected chi connectivity index (χ1v) is 9.03.